The SMILES string of the molecule is C=C(C)Nc1c2n(c3ccccc13)C(C)=NCc1ccc(C)cc1-2. The van der Waals surface area contributed by atoms with Crippen molar-refractivity contribution in [3.63, 3.8) is 0 Å². The third-order valence-electron chi connectivity index (χ3n) is 4.54. The van der Waals surface area contributed by atoms with Crippen molar-refractivity contribution >= 4 is 22.4 Å². The van der Waals surface area contributed by atoms with Gasteiger partial charge in [-0.15, -0.1) is 0 Å². The number of anilines is 1. The average Bonchev–Trinajstić information content (AvgIpc) is 2.79. The Balaban J connectivity index is 2.18. The first-order chi connectivity index (χ1) is 11.6. The van der Waals surface area contributed by atoms with Gasteiger partial charge in [-0.05, 0) is 38.5 Å². The Morgan fingerprint density at radius 2 is 1.96 bits per heavy atom. The van der Waals surface area contributed by atoms with Crippen LogP contribution in [0.5, 0.6) is 0 Å². The molecular formula is C21H21N3. The molecule has 1 aliphatic heterocycles. The van der Waals surface area contributed by atoms with Crippen LogP contribution in [0.3, 0.4) is 0 Å². The number of nitrogens with one attached hydrogen (secondary N) is 1. The van der Waals surface area contributed by atoms with Crippen molar-refractivity contribution in [2.24, 2.45) is 4.99 Å². The Morgan fingerprint density at radius 3 is 2.75 bits per heavy atom. The van der Waals surface area contributed by atoms with Crippen LogP contribution in [-0.2, 0) is 6.54 Å². The molecule has 0 spiro atoms. The van der Waals surface area contributed by atoms with E-state index in [0.29, 0.717) is 6.54 Å². The predicted octanol–water partition coefficient (Wildman–Crippen LogP) is 5.34. The maximum absolute atomic E-state index is 4.81. The monoisotopic (exact) mass is 315 g/mol. The van der Waals surface area contributed by atoms with Crippen LogP contribution in [0, 0.1) is 6.92 Å². The molecule has 0 radical (unpaired) electrons. The minimum absolute atomic E-state index is 0.712. The molecule has 3 aromatic rings. The third-order valence-corrected chi connectivity index (χ3v) is 4.54. The van der Waals surface area contributed by atoms with Gasteiger partial charge in [-0.3, -0.25) is 9.56 Å². The first kappa shape index (κ1) is 14.8. The van der Waals surface area contributed by atoms with Crippen LogP contribution in [0.2, 0.25) is 0 Å². The highest BCUT2D eigenvalue weighted by Gasteiger charge is 2.23. The number of benzene rings is 2. The number of rotatable bonds is 2. The number of nitrogens with zero attached hydrogens (tertiary/aromatic N) is 2. The first-order valence-corrected chi connectivity index (χ1v) is 8.23. The molecule has 1 N–H and O–H groups in total. The lowest BCUT2D eigenvalue weighted by atomic mass is 10.0. The summed E-state index contributed by atoms with van der Waals surface area (Å²) >= 11 is 0. The second-order valence-electron chi connectivity index (χ2n) is 6.51. The van der Waals surface area contributed by atoms with E-state index < -0.39 is 0 Å². The fraction of sp³-hybridized carbons (Fsp3) is 0.190. The van der Waals surface area contributed by atoms with Crippen LogP contribution in [0.1, 0.15) is 25.0 Å². The Kier molecular flexibility index (Phi) is 3.31. The van der Waals surface area contributed by atoms with E-state index in [1.54, 1.807) is 0 Å². The van der Waals surface area contributed by atoms with Crippen molar-refractivity contribution < 1.29 is 0 Å². The molecule has 2 aromatic carbocycles. The first-order valence-electron chi connectivity index (χ1n) is 8.23. The molecule has 0 atom stereocenters. The van der Waals surface area contributed by atoms with Crippen LogP contribution >= 0.6 is 0 Å². The summed E-state index contributed by atoms with van der Waals surface area (Å²) < 4.78 is 2.27. The fourth-order valence-electron chi connectivity index (χ4n) is 3.49. The van der Waals surface area contributed by atoms with Crippen LogP contribution in [0.25, 0.3) is 22.2 Å². The van der Waals surface area contributed by atoms with E-state index in [2.05, 4.69) is 72.8 Å². The summed E-state index contributed by atoms with van der Waals surface area (Å²) in [6.07, 6.45) is 0. The molecule has 0 fully saturated rings. The van der Waals surface area contributed by atoms with Crippen molar-refractivity contribution in [3.05, 3.63) is 65.9 Å². The summed E-state index contributed by atoms with van der Waals surface area (Å²) in [6.45, 7) is 11.0. The molecule has 4 rings (SSSR count). The van der Waals surface area contributed by atoms with Gasteiger partial charge >= 0.3 is 0 Å². The maximum atomic E-state index is 4.81. The minimum Gasteiger partial charge on any atom is -0.357 e. The second kappa shape index (κ2) is 5.38. The maximum Gasteiger partial charge on any atom is 0.105 e. The van der Waals surface area contributed by atoms with Gasteiger partial charge in [0.2, 0.25) is 0 Å². The summed E-state index contributed by atoms with van der Waals surface area (Å²) in [5.74, 6) is 1.02. The molecule has 1 aromatic heterocycles. The van der Waals surface area contributed by atoms with Crippen LogP contribution in [0.4, 0.5) is 5.69 Å². The predicted molar refractivity (Wildman–Crippen MR) is 103 cm³/mol. The number of hydrogen-bond acceptors (Lipinski definition) is 2. The Labute approximate surface area is 142 Å². The molecule has 0 saturated carbocycles. The molecule has 0 unspecified atom stereocenters. The summed E-state index contributed by atoms with van der Waals surface area (Å²) in [7, 11) is 0. The number of aliphatic imine (C=N–C) groups is 1. The van der Waals surface area contributed by atoms with Crippen molar-refractivity contribution in [2.45, 2.75) is 27.3 Å². The van der Waals surface area contributed by atoms with E-state index in [-0.39, 0.29) is 0 Å². The molecule has 0 bridgehead atoms. The van der Waals surface area contributed by atoms with Crippen molar-refractivity contribution in [3.8, 4) is 11.3 Å². The average molecular weight is 315 g/mol. The largest absolute Gasteiger partial charge is 0.357 e. The van der Waals surface area contributed by atoms with Crippen LogP contribution in [0.15, 0.2) is 59.7 Å². The fourth-order valence-corrected chi connectivity index (χ4v) is 3.49. The Morgan fingerprint density at radius 1 is 1.17 bits per heavy atom. The quantitative estimate of drug-likeness (QED) is 0.679. The van der Waals surface area contributed by atoms with Crippen molar-refractivity contribution in [1.29, 1.82) is 0 Å². The summed E-state index contributed by atoms with van der Waals surface area (Å²) in [5, 5.41) is 4.69. The summed E-state index contributed by atoms with van der Waals surface area (Å²) in [5.41, 5.74) is 8.15. The lowest BCUT2D eigenvalue weighted by molar-refractivity contribution is 1.06. The third kappa shape index (κ3) is 2.16. The number of hydrogen-bond donors (Lipinski definition) is 1. The Bertz CT molecular complexity index is 1010. The van der Waals surface area contributed by atoms with Crippen LogP contribution in [-0.4, -0.2) is 10.4 Å². The summed E-state index contributed by atoms with van der Waals surface area (Å²) in [4.78, 5) is 4.81. The molecule has 3 heteroatoms. The normalized spacial score (nSPS) is 13.0. The van der Waals surface area contributed by atoms with Crippen molar-refractivity contribution in [2.75, 3.05) is 5.32 Å². The van der Waals surface area contributed by atoms with E-state index in [0.717, 1.165) is 17.2 Å². The number of aromatic nitrogens is 1. The zero-order valence-corrected chi connectivity index (χ0v) is 14.4. The molecule has 2 heterocycles. The van der Waals surface area contributed by atoms with E-state index in [1.807, 2.05) is 6.92 Å². The highest BCUT2D eigenvalue weighted by atomic mass is 15.1. The molecule has 0 amide bonds. The molecule has 24 heavy (non-hydrogen) atoms. The van der Waals surface area contributed by atoms with Crippen molar-refractivity contribution in [1.82, 2.24) is 4.57 Å². The van der Waals surface area contributed by atoms with Gasteiger partial charge < -0.3 is 5.32 Å². The number of allylic oxidation sites excluding steroid dienone is 1. The van der Waals surface area contributed by atoms with Crippen LogP contribution < -0.4 is 5.32 Å². The smallest absolute Gasteiger partial charge is 0.105 e. The number of para-hydroxylation sites is 1. The van der Waals surface area contributed by atoms with Gasteiger partial charge in [-0.25, -0.2) is 0 Å². The lowest BCUT2D eigenvalue weighted by Crippen LogP contribution is -2.08. The van der Waals surface area contributed by atoms with Gasteiger partial charge in [0.25, 0.3) is 0 Å². The highest BCUT2D eigenvalue weighted by Crippen LogP contribution is 2.41. The molecule has 120 valence electrons. The summed E-state index contributed by atoms with van der Waals surface area (Å²) in [6, 6.07) is 15.1. The highest BCUT2D eigenvalue weighted by molar-refractivity contribution is 6.10. The topological polar surface area (TPSA) is 29.3 Å². The molecular weight excluding hydrogens is 294 g/mol. The Hall–Kier alpha value is -2.81. The van der Waals surface area contributed by atoms with Gasteiger partial charge in [0.1, 0.15) is 5.84 Å². The molecule has 3 nitrogen and oxygen atoms in total. The van der Waals surface area contributed by atoms with Gasteiger partial charge in [-0.1, -0.05) is 42.5 Å². The second-order valence-corrected chi connectivity index (χ2v) is 6.51. The van der Waals surface area contributed by atoms with Gasteiger partial charge in [-0.2, -0.15) is 0 Å². The molecule has 0 aliphatic carbocycles. The lowest BCUT2D eigenvalue weighted by Gasteiger charge is -2.13. The van der Waals surface area contributed by atoms with Gasteiger partial charge in [0.15, 0.2) is 0 Å². The van der Waals surface area contributed by atoms with Gasteiger partial charge in [0.05, 0.1) is 23.4 Å². The van der Waals surface area contributed by atoms with Gasteiger partial charge in [0, 0.05) is 16.6 Å². The molecule has 1 aliphatic rings. The zero-order chi connectivity index (χ0) is 16.8. The van der Waals surface area contributed by atoms with E-state index in [1.165, 1.54) is 33.3 Å². The van der Waals surface area contributed by atoms with E-state index in [9.17, 15) is 0 Å². The number of fused-ring (bicyclic) bond motifs is 5. The van der Waals surface area contributed by atoms with E-state index in [4.69, 9.17) is 4.99 Å². The zero-order valence-electron chi connectivity index (χ0n) is 14.4. The van der Waals surface area contributed by atoms with E-state index >= 15 is 0 Å². The number of aryl methyl sites for hydroxylation is 1. The minimum atomic E-state index is 0.712. The molecule has 0 saturated heterocycles. The standard InChI is InChI=1S/C21H21N3/c1-13(2)23-20-17-7-5-6-8-19(17)24-15(4)22-12-16-10-9-14(3)11-18(16)21(20)24/h5-11,23H,1,12H2,2-4H3.